The molecule has 3 rings (SSSR count). The molecule has 0 aromatic rings. The molecule has 3 fully saturated rings. The predicted octanol–water partition coefficient (Wildman–Crippen LogP) is 0.932. The van der Waals surface area contributed by atoms with Crippen molar-refractivity contribution in [2.45, 2.75) is 45.1 Å². The smallest absolute Gasteiger partial charge is 0.233 e. The summed E-state index contributed by atoms with van der Waals surface area (Å²) in [7, 11) is 0. The van der Waals surface area contributed by atoms with Gasteiger partial charge >= 0.3 is 0 Å². The molecule has 0 radical (unpaired) electrons. The number of hydrogen-bond acceptors (Lipinski definition) is 3. The van der Waals surface area contributed by atoms with E-state index in [2.05, 4.69) is 0 Å². The summed E-state index contributed by atoms with van der Waals surface area (Å²) in [6.07, 6.45) is 3.40. The maximum Gasteiger partial charge on any atom is 0.233 e. The van der Waals surface area contributed by atoms with Crippen molar-refractivity contribution in [1.82, 2.24) is 4.90 Å². The zero-order chi connectivity index (χ0) is 12.4. The number of hydrogen-bond donors (Lipinski definition) is 1. The highest BCUT2D eigenvalue weighted by Crippen LogP contribution is 2.63. The zero-order valence-electron chi connectivity index (χ0n) is 10.4. The van der Waals surface area contributed by atoms with Crippen molar-refractivity contribution < 1.29 is 14.7 Å². The molecule has 2 unspecified atom stereocenters. The molecule has 0 bridgehead atoms. The van der Waals surface area contributed by atoms with E-state index in [-0.39, 0.29) is 35.6 Å². The van der Waals surface area contributed by atoms with E-state index in [1.165, 1.54) is 4.90 Å². The normalized spacial score (nSPS) is 37.5. The highest BCUT2D eigenvalue weighted by molar-refractivity contribution is 6.10. The molecule has 2 aliphatic carbocycles. The quantitative estimate of drug-likeness (QED) is 0.727. The van der Waals surface area contributed by atoms with Gasteiger partial charge in [0.25, 0.3) is 0 Å². The summed E-state index contributed by atoms with van der Waals surface area (Å²) in [4.78, 5) is 25.5. The highest BCUT2D eigenvalue weighted by Gasteiger charge is 2.72. The Hall–Kier alpha value is -0.900. The van der Waals surface area contributed by atoms with E-state index in [1.807, 2.05) is 13.8 Å². The molecule has 2 saturated carbocycles. The Morgan fingerprint density at radius 2 is 1.65 bits per heavy atom. The second-order valence-corrected chi connectivity index (χ2v) is 6.47. The Bertz CT molecular complexity index is 371. The van der Waals surface area contributed by atoms with Gasteiger partial charge in [-0.25, -0.2) is 0 Å². The average molecular weight is 237 g/mol. The Morgan fingerprint density at radius 3 is 2.12 bits per heavy atom. The molecule has 2 amide bonds. The van der Waals surface area contributed by atoms with Gasteiger partial charge in [0.15, 0.2) is 0 Å². The predicted molar refractivity (Wildman–Crippen MR) is 60.9 cm³/mol. The zero-order valence-corrected chi connectivity index (χ0v) is 10.4. The van der Waals surface area contributed by atoms with Crippen molar-refractivity contribution in [1.29, 1.82) is 0 Å². The SMILES string of the molecule is CC1(C)C2C(=O)N(CC3(O)CCCC3)C(=O)C21. The second kappa shape index (κ2) is 3.10. The summed E-state index contributed by atoms with van der Waals surface area (Å²) in [5, 5.41) is 10.3. The molecule has 0 aromatic carbocycles. The standard InChI is InChI=1S/C13H19NO3/c1-12(2)8-9(12)11(16)14(10(8)15)7-13(17)5-3-4-6-13/h8-9,17H,3-7H2,1-2H3. The van der Waals surface area contributed by atoms with E-state index in [4.69, 9.17) is 0 Å². The molecule has 4 heteroatoms. The lowest BCUT2D eigenvalue weighted by molar-refractivity contribution is -0.147. The molecule has 1 aliphatic heterocycles. The fourth-order valence-electron chi connectivity index (χ4n) is 3.65. The molecule has 17 heavy (non-hydrogen) atoms. The summed E-state index contributed by atoms with van der Waals surface area (Å²) in [6.45, 7) is 4.16. The number of piperidine rings is 1. The van der Waals surface area contributed by atoms with Gasteiger partial charge in [-0.15, -0.1) is 0 Å². The molecule has 0 spiro atoms. The molecule has 1 heterocycles. The van der Waals surface area contributed by atoms with E-state index in [0.29, 0.717) is 12.8 Å². The number of nitrogens with zero attached hydrogens (tertiary/aromatic N) is 1. The first-order valence-electron chi connectivity index (χ1n) is 6.44. The fourth-order valence-corrected chi connectivity index (χ4v) is 3.65. The van der Waals surface area contributed by atoms with E-state index in [0.717, 1.165) is 12.8 Å². The lowest BCUT2D eigenvalue weighted by Gasteiger charge is -2.29. The third kappa shape index (κ3) is 1.39. The third-order valence-corrected chi connectivity index (χ3v) is 4.88. The molecule has 3 aliphatic rings. The molecule has 1 saturated heterocycles. The van der Waals surface area contributed by atoms with Crippen molar-refractivity contribution in [2.24, 2.45) is 17.3 Å². The summed E-state index contributed by atoms with van der Waals surface area (Å²) in [5.74, 6) is -0.379. The Morgan fingerprint density at radius 1 is 1.18 bits per heavy atom. The van der Waals surface area contributed by atoms with Crippen molar-refractivity contribution >= 4 is 11.8 Å². The Labute approximate surface area is 101 Å². The molecule has 4 nitrogen and oxygen atoms in total. The van der Waals surface area contributed by atoms with Crippen LogP contribution in [0.4, 0.5) is 0 Å². The van der Waals surface area contributed by atoms with Crippen LogP contribution >= 0.6 is 0 Å². The van der Waals surface area contributed by atoms with Crippen LogP contribution < -0.4 is 0 Å². The second-order valence-electron chi connectivity index (χ2n) is 6.47. The topological polar surface area (TPSA) is 57.6 Å². The summed E-state index contributed by atoms with van der Waals surface area (Å²) < 4.78 is 0. The van der Waals surface area contributed by atoms with Crippen LogP contribution in [0.3, 0.4) is 0 Å². The summed E-state index contributed by atoms with van der Waals surface area (Å²) in [6, 6.07) is 0. The van der Waals surface area contributed by atoms with Gasteiger partial charge < -0.3 is 5.11 Å². The number of imide groups is 1. The fraction of sp³-hybridized carbons (Fsp3) is 0.846. The first kappa shape index (κ1) is 11.2. The van der Waals surface area contributed by atoms with Crippen LogP contribution in [0.15, 0.2) is 0 Å². The summed E-state index contributed by atoms with van der Waals surface area (Å²) >= 11 is 0. The van der Waals surface area contributed by atoms with Crippen molar-refractivity contribution in [2.75, 3.05) is 6.54 Å². The number of likely N-dealkylation sites (tertiary alicyclic amines) is 1. The minimum atomic E-state index is -0.813. The lowest BCUT2D eigenvalue weighted by Crippen LogP contribution is -2.46. The Kier molecular flexibility index (Phi) is 2.05. The maximum atomic E-state index is 12.1. The minimum Gasteiger partial charge on any atom is -0.388 e. The van der Waals surface area contributed by atoms with Crippen LogP contribution in [0.2, 0.25) is 0 Å². The maximum absolute atomic E-state index is 12.1. The third-order valence-electron chi connectivity index (χ3n) is 4.88. The summed E-state index contributed by atoms with van der Waals surface area (Å²) in [5.41, 5.74) is -0.963. The van der Waals surface area contributed by atoms with E-state index >= 15 is 0 Å². The Balaban J connectivity index is 1.75. The first-order chi connectivity index (χ1) is 7.87. The van der Waals surface area contributed by atoms with Gasteiger partial charge in [0.1, 0.15) is 0 Å². The molecule has 0 aromatic heterocycles. The van der Waals surface area contributed by atoms with Gasteiger partial charge in [-0.1, -0.05) is 26.7 Å². The molecular weight excluding hydrogens is 218 g/mol. The highest BCUT2D eigenvalue weighted by atomic mass is 16.3. The van der Waals surface area contributed by atoms with Gasteiger partial charge in [-0.3, -0.25) is 14.5 Å². The number of amides is 2. The van der Waals surface area contributed by atoms with Crippen LogP contribution in [0.25, 0.3) is 0 Å². The number of rotatable bonds is 2. The van der Waals surface area contributed by atoms with Gasteiger partial charge in [-0.05, 0) is 18.3 Å². The largest absolute Gasteiger partial charge is 0.388 e. The number of β-amino-alcohol motifs (C(OH)–C–C–N with tert-alkyl or cyclic N) is 1. The van der Waals surface area contributed by atoms with Crippen molar-refractivity contribution in [3.63, 3.8) is 0 Å². The van der Waals surface area contributed by atoms with Crippen molar-refractivity contribution in [3.8, 4) is 0 Å². The van der Waals surface area contributed by atoms with E-state index < -0.39 is 5.60 Å². The average Bonchev–Trinajstić information content (AvgIpc) is 2.57. The van der Waals surface area contributed by atoms with Crippen LogP contribution in [0, 0.1) is 17.3 Å². The van der Waals surface area contributed by atoms with Crippen molar-refractivity contribution in [3.05, 3.63) is 0 Å². The minimum absolute atomic E-state index is 0.0645. The van der Waals surface area contributed by atoms with Crippen LogP contribution in [-0.2, 0) is 9.59 Å². The first-order valence-corrected chi connectivity index (χ1v) is 6.44. The van der Waals surface area contributed by atoms with E-state index in [1.54, 1.807) is 0 Å². The van der Waals surface area contributed by atoms with E-state index in [9.17, 15) is 14.7 Å². The molecule has 2 atom stereocenters. The van der Waals surface area contributed by atoms with Crippen LogP contribution in [0.1, 0.15) is 39.5 Å². The lowest BCUT2D eigenvalue weighted by atomic mass is 10.00. The monoisotopic (exact) mass is 237 g/mol. The van der Waals surface area contributed by atoms with Gasteiger partial charge in [0.2, 0.25) is 11.8 Å². The molecular formula is C13H19NO3. The molecule has 1 N–H and O–H groups in total. The van der Waals surface area contributed by atoms with Gasteiger partial charge in [-0.2, -0.15) is 0 Å². The van der Waals surface area contributed by atoms with Crippen LogP contribution in [0.5, 0.6) is 0 Å². The van der Waals surface area contributed by atoms with Gasteiger partial charge in [0, 0.05) is 0 Å². The number of carbonyl (C=O) groups is 2. The number of carbonyl (C=O) groups excluding carboxylic acids is 2. The molecule has 94 valence electrons. The van der Waals surface area contributed by atoms with Gasteiger partial charge in [0.05, 0.1) is 24.0 Å². The number of fused-ring (bicyclic) bond motifs is 1. The number of aliphatic hydroxyl groups is 1. The van der Waals surface area contributed by atoms with Crippen LogP contribution in [-0.4, -0.2) is 34.0 Å².